The fourth-order valence-corrected chi connectivity index (χ4v) is 2.50. The lowest BCUT2D eigenvalue weighted by Crippen LogP contribution is -2.37. The quantitative estimate of drug-likeness (QED) is 0.719. The molecule has 0 aromatic rings. The van der Waals surface area contributed by atoms with E-state index < -0.39 is 0 Å². The standard InChI is InChI=1S/C12H22N2O2.C5H12O.C2H6/c15-11-14-7-3-12(4-8-14)16-10-9-13-5-1-2-6-13;1-5(2,3)6-4;1-2/h11-12H,1-10H2;1-4H3;1-2H3. The number of piperidine rings is 1. The van der Waals surface area contributed by atoms with Crippen LogP contribution in [-0.2, 0) is 14.3 Å². The van der Waals surface area contributed by atoms with Crippen LogP contribution in [0.2, 0.25) is 0 Å². The molecule has 144 valence electrons. The Morgan fingerprint density at radius 1 is 1.04 bits per heavy atom. The van der Waals surface area contributed by atoms with Crippen LogP contribution in [0.3, 0.4) is 0 Å². The smallest absolute Gasteiger partial charge is 0.209 e. The Hall–Kier alpha value is -0.650. The van der Waals surface area contributed by atoms with Crippen LogP contribution in [0.15, 0.2) is 0 Å². The maximum absolute atomic E-state index is 10.5. The summed E-state index contributed by atoms with van der Waals surface area (Å²) in [6, 6.07) is 0. The van der Waals surface area contributed by atoms with Gasteiger partial charge >= 0.3 is 0 Å². The normalized spacial score (nSPS) is 19.2. The Bertz CT molecular complexity index is 291. The van der Waals surface area contributed by atoms with Crippen molar-refractivity contribution >= 4 is 6.41 Å². The highest BCUT2D eigenvalue weighted by molar-refractivity contribution is 5.47. The highest BCUT2D eigenvalue weighted by Gasteiger charge is 2.19. The lowest BCUT2D eigenvalue weighted by Gasteiger charge is -2.29. The van der Waals surface area contributed by atoms with E-state index in [0.717, 1.165) is 45.5 Å². The highest BCUT2D eigenvalue weighted by atomic mass is 16.5. The Morgan fingerprint density at radius 3 is 1.96 bits per heavy atom. The highest BCUT2D eigenvalue weighted by Crippen LogP contribution is 2.13. The maximum Gasteiger partial charge on any atom is 0.209 e. The van der Waals surface area contributed by atoms with Crippen molar-refractivity contribution in [1.82, 2.24) is 9.80 Å². The van der Waals surface area contributed by atoms with Crippen molar-refractivity contribution < 1.29 is 14.3 Å². The summed E-state index contributed by atoms with van der Waals surface area (Å²) in [5.41, 5.74) is 0.0417. The van der Waals surface area contributed by atoms with Gasteiger partial charge in [-0.1, -0.05) is 13.8 Å². The second-order valence-electron chi connectivity index (χ2n) is 7.08. The van der Waals surface area contributed by atoms with Gasteiger partial charge in [0.15, 0.2) is 0 Å². The van der Waals surface area contributed by atoms with Gasteiger partial charge in [0.05, 0.1) is 18.3 Å². The zero-order valence-electron chi connectivity index (χ0n) is 16.8. The SMILES string of the molecule is CC.COC(C)(C)C.O=CN1CCC(OCCN2CCCC2)CC1. The van der Waals surface area contributed by atoms with E-state index in [4.69, 9.17) is 9.47 Å². The molecule has 0 atom stereocenters. The molecule has 1 amide bonds. The van der Waals surface area contributed by atoms with E-state index in [9.17, 15) is 4.79 Å². The summed E-state index contributed by atoms with van der Waals surface area (Å²) in [6.07, 6.45) is 6.01. The average molecular weight is 345 g/mol. The summed E-state index contributed by atoms with van der Waals surface area (Å²) in [5, 5.41) is 0. The first-order valence-corrected chi connectivity index (χ1v) is 9.53. The van der Waals surface area contributed by atoms with Crippen molar-refractivity contribution in [2.24, 2.45) is 0 Å². The molecule has 0 radical (unpaired) electrons. The largest absolute Gasteiger partial charge is 0.379 e. The summed E-state index contributed by atoms with van der Waals surface area (Å²) in [5.74, 6) is 0. The predicted molar refractivity (Wildman–Crippen MR) is 100 cm³/mol. The number of ether oxygens (including phenoxy) is 2. The molecule has 0 unspecified atom stereocenters. The fraction of sp³-hybridized carbons (Fsp3) is 0.947. The number of nitrogens with zero attached hydrogens (tertiary/aromatic N) is 2. The molecule has 0 N–H and O–H groups in total. The predicted octanol–water partition coefficient (Wildman–Crippen LogP) is 3.18. The van der Waals surface area contributed by atoms with Crippen molar-refractivity contribution in [3.8, 4) is 0 Å². The molecule has 5 nitrogen and oxygen atoms in total. The van der Waals surface area contributed by atoms with E-state index in [1.54, 1.807) is 7.11 Å². The van der Waals surface area contributed by atoms with Gasteiger partial charge in [-0.15, -0.1) is 0 Å². The van der Waals surface area contributed by atoms with Crippen LogP contribution in [0.5, 0.6) is 0 Å². The number of hydrogen-bond acceptors (Lipinski definition) is 4. The van der Waals surface area contributed by atoms with Gasteiger partial charge in [0, 0.05) is 26.7 Å². The lowest BCUT2D eigenvalue weighted by atomic mass is 10.1. The van der Waals surface area contributed by atoms with Crippen LogP contribution in [0, 0.1) is 0 Å². The fourth-order valence-electron chi connectivity index (χ4n) is 2.50. The summed E-state index contributed by atoms with van der Waals surface area (Å²) in [4.78, 5) is 14.8. The molecule has 5 heteroatoms. The van der Waals surface area contributed by atoms with Crippen LogP contribution < -0.4 is 0 Å². The van der Waals surface area contributed by atoms with E-state index in [1.165, 1.54) is 25.9 Å². The summed E-state index contributed by atoms with van der Waals surface area (Å²) < 4.78 is 10.8. The third-order valence-electron chi connectivity index (χ3n) is 4.20. The topological polar surface area (TPSA) is 42.0 Å². The van der Waals surface area contributed by atoms with Gasteiger partial charge in [-0.05, 0) is 59.5 Å². The van der Waals surface area contributed by atoms with Crippen molar-refractivity contribution in [3.05, 3.63) is 0 Å². The zero-order valence-corrected chi connectivity index (χ0v) is 16.8. The second-order valence-corrected chi connectivity index (χ2v) is 7.08. The Balaban J connectivity index is 0.000000563. The molecule has 2 fully saturated rings. The lowest BCUT2D eigenvalue weighted by molar-refractivity contribution is -0.120. The van der Waals surface area contributed by atoms with Gasteiger partial charge in [-0.3, -0.25) is 4.79 Å². The molecule has 0 bridgehead atoms. The number of hydrogen-bond donors (Lipinski definition) is 0. The zero-order chi connectivity index (χ0) is 18.4. The minimum absolute atomic E-state index is 0.0417. The molecular formula is C19H40N2O3. The van der Waals surface area contributed by atoms with Crippen LogP contribution in [-0.4, -0.2) is 74.4 Å². The number of likely N-dealkylation sites (tertiary alicyclic amines) is 2. The molecule has 2 saturated heterocycles. The van der Waals surface area contributed by atoms with Gasteiger partial charge in [-0.2, -0.15) is 0 Å². The number of amides is 1. The average Bonchev–Trinajstić information content (AvgIpc) is 3.11. The van der Waals surface area contributed by atoms with Crippen molar-refractivity contribution in [1.29, 1.82) is 0 Å². The molecule has 0 aromatic carbocycles. The first-order valence-electron chi connectivity index (χ1n) is 9.53. The molecule has 2 rings (SSSR count). The first-order chi connectivity index (χ1) is 11.4. The molecule has 2 aliphatic heterocycles. The van der Waals surface area contributed by atoms with Gasteiger partial charge < -0.3 is 19.3 Å². The summed E-state index contributed by atoms with van der Waals surface area (Å²) in [6.45, 7) is 16.2. The molecule has 0 spiro atoms. The maximum atomic E-state index is 10.5. The van der Waals surface area contributed by atoms with E-state index in [1.807, 2.05) is 39.5 Å². The summed E-state index contributed by atoms with van der Waals surface area (Å²) in [7, 11) is 1.71. The molecule has 0 aliphatic carbocycles. The molecule has 24 heavy (non-hydrogen) atoms. The molecule has 2 aliphatic rings. The van der Waals surface area contributed by atoms with E-state index in [0.29, 0.717) is 6.10 Å². The van der Waals surface area contributed by atoms with Crippen LogP contribution in [0.4, 0.5) is 0 Å². The Kier molecular flexibility index (Phi) is 13.3. The van der Waals surface area contributed by atoms with E-state index in [2.05, 4.69) is 4.90 Å². The minimum atomic E-state index is 0.0417. The van der Waals surface area contributed by atoms with E-state index in [-0.39, 0.29) is 5.60 Å². The third-order valence-corrected chi connectivity index (χ3v) is 4.20. The number of rotatable bonds is 5. The third kappa shape index (κ3) is 11.8. The Morgan fingerprint density at radius 2 is 1.54 bits per heavy atom. The van der Waals surface area contributed by atoms with Crippen LogP contribution in [0.25, 0.3) is 0 Å². The van der Waals surface area contributed by atoms with Crippen LogP contribution >= 0.6 is 0 Å². The Labute approximate surface area is 149 Å². The van der Waals surface area contributed by atoms with Crippen LogP contribution in [0.1, 0.15) is 60.3 Å². The van der Waals surface area contributed by atoms with Gasteiger partial charge in [0.1, 0.15) is 0 Å². The molecular weight excluding hydrogens is 304 g/mol. The molecule has 0 aromatic heterocycles. The van der Waals surface area contributed by atoms with E-state index >= 15 is 0 Å². The number of carbonyl (C=O) groups excluding carboxylic acids is 1. The first kappa shape index (κ1) is 23.4. The second kappa shape index (κ2) is 13.6. The van der Waals surface area contributed by atoms with Gasteiger partial charge in [0.2, 0.25) is 6.41 Å². The van der Waals surface area contributed by atoms with Gasteiger partial charge in [0.25, 0.3) is 0 Å². The summed E-state index contributed by atoms with van der Waals surface area (Å²) >= 11 is 0. The monoisotopic (exact) mass is 344 g/mol. The van der Waals surface area contributed by atoms with Crippen molar-refractivity contribution in [2.45, 2.75) is 72.0 Å². The van der Waals surface area contributed by atoms with Crippen molar-refractivity contribution in [2.75, 3.05) is 46.4 Å². The van der Waals surface area contributed by atoms with Gasteiger partial charge in [-0.25, -0.2) is 0 Å². The number of methoxy groups -OCH3 is 1. The number of carbonyl (C=O) groups is 1. The molecule has 0 saturated carbocycles. The van der Waals surface area contributed by atoms with Crippen molar-refractivity contribution in [3.63, 3.8) is 0 Å². The minimum Gasteiger partial charge on any atom is -0.379 e. The molecule has 2 heterocycles.